The van der Waals surface area contributed by atoms with E-state index in [4.69, 9.17) is 14.2 Å². The number of carbonyl (C=O) groups is 5. The predicted molar refractivity (Wildman–Crippen MR) is 218 cm³/mol. The lowest BCUT2D eigenvalue weighted by molar-refractivity contribution is -0.138. The van der Waals surface area contributed by atoms with Gasteiger partial charge in [0.2, 0.25) is 12.3 Å². The first-order valence-corrected chi connectivity index (χ1v) is 19.9. The highest BCUT2D eigenvalue weighted by Gasteiger charge is 2.48. The molecule has 0 bridgehead atoms. The number of fused-ring (bicyclic) bond motifs is 1. The molecule has 1 atom stereocenters. The molecule has 0 aliphatic carbocycles. The van der Waals surface area contributed by atoms with E-state index in [-0.39, 0.29) is 35.5 Å². The summed E-state index contributed by atoms with van der Waals surface area (Å²) in [4.78, 5) is 68.4. The zero-order valence-corrected chi connectivity index (χ0v) is 35.4. The Balaban J connectivity index is 1.59. The number of carbonyl (C=O) groups excluding carboxylic acids is 4. The van der Waals surface area contributed by atoms with Gasteiger partial charge in [0.25, 0.3) is 9.84 Å². The first-order chi connectivity index (χ1) is 28.2. The molecule has 0 saturated heterocycles. The molecular formula is C41H46F3N5O11S. The van der Waals surface area contributed by atoms with Crippen molar-refractivity contribution in [3.63, 3.8) is 0 Å². The molecule has 4 amide bonds. The summed E-state index contributed by atoms with van der Waals surface area (Å²) in [6.07, 6.45) is -0.591. The topological polar surface area (TPSA) is 211 Å². The highest BCUT2D eigenvalue weighted by molar-refractivity contribution is 7.92. The van der Waals surface area contributed by atoms with Crippen LogP contribution in [0.5, 0.6) is 5.75 Å². The van der Waals surface area contributed by atoms with Crippen LogP contribution in [0.4, 0.5) is 40.0 Å². The summed E-state index contributed by atoms with van der Waals surface area (Å²) in [6.45, 7) is 9.31. The van der Waals surface area contributed by atoms with Crippen LogP contribution in [-0.4, -0.2) is 84.7 Å². The number of methoxy groups -OCH3 is 1. The number of sulfone groups is 1. The molecule has 61 heavy (non-hydrogen) atoms. The number of benzene rings is 3. The highest BCUT2D eigenvalue weighted by Crippen LogP contribution is 2.35. The maximum Gasteiger partial charge on any atom is 0.501 e. The van der Waals surface area contributed by atoms with Gasteiger partial charge in [-0.2, -0.15) is 18.1 Å². The standard InChI is InChI=1S/C41H46F3N5O11S/c1-39(2,3)59-37(54)49(38(55)60-40(4,5)6)35-30-13-11-29(20-24(30)17-18-45-35)47-34(36(52)53)26-9-14-31(58-8)25(19-26)10-16-33(51)46-28-12-15-32(61(56,57)41(42,43)44)27(21-28)22-48(7)23-50/h9,11-15,17-21,23,34,47H,10,16,22H2,1-8H3,(H,46,51)(H,52,53). The minimum Gasteiger partial charge on any atom is -0.496 e. The molecule has 0 aliphatic heterocycles. The van der Waals surface area contributed by atoms with Gasteiger partial charge in [0, 0.05) is 43.0 Å². The third kappa shape index (κ3) is 12.1. The van der Waals surface area contributed by atoms with Crippen molar-refractivity contribution in [2.24, 2.45) is 0 Å². The zero-order chi connectivity index (χ0) is 45.7. The second-order valence-corrected chi connectivity index (χ2v) is 17.6. The minimum absolute atomic E-state index is 0.00794. The number of alkyl halides is 3. The van der Waals surface area contributed by atoms with Crippen molar-refractivity contribution in [2.45, 2.75) is 88.6 Å². The minimum atomic E-state index is -5.78. The Kier molecular flexibility index (Phi) is 14.3. The molecule has 1 unspecified atom stereocenters. The van der Waals surface area contributed by atoms with Crippen LogP contribution in [0.2, 0.25) is 0 Å². The van der Waals surface area contributed by atoms with Crippen molar-refractivity contribution < 1.29 is 64.9 Å². The number of anilines is 3. The number of hydrogen-bond donors (Lipinski definition) is 3. The molecule has 3 N–H and O–H groups in total. The normalized spacial score (nSPS) is 12.5. The number of pyridine rings is 1. The molecule has 1 heterocycles. The fourth-order valence-electron chi connectivity index (χ4n) is 5.87. The van der Waals surface area contributed by atoms with Gasteiger partial charge in [0.1, 0.15) is 17.0 Å². The number of carboxylic acid groups (broad SMARTS) is 1. The Morgan fingerprint density at radius 2 is 1.49 bits per heavy atom. The van der Waals surface area contributed by atoms with E-state index in [2.05, 4.69) is 15.6 Å². The number of nitrogens with one attached hydrogen (secondary N) is 2. The molecule has 4 rings (SSSR count). The van der Waals surface area contributed by atoms with Crippen molar-refractivity contribution in [3.05, 3.63) is 83.6 Å². The Morgan fingerprint density at radius 3 is 2.05 bits per heavy atom. The lowest BCUT2D eigenvalue weighted by atomic mass is 9.99. The summed E-state index contributed by atoms with van der Waals surface area (Å²) in [5, 5.41) is 16.6. The van der Waals surface area contributed by atoms with Gasteiger partial charge in [-0.25, -0.2) is 27.8 Å². The molecule has 16 nitrogen and oxygen atoms in total. The Hall–Kier alpha value is -6.44. The number of aryl methyl sites for hydroxylation is 1. The third-order valence-electron chi connectivity index (χ3n) is 8.46. The second-order valence-electron chi connectivity index (χ2n) is 15.7. The number of aliphatic carboxylic acids is 1. The van der Waals surface area contributed by atoms with Crippen molar-refractivity contribution in [1.29, 1.82) is 0 Å². The molecule has 0 aliphatic rings. The number of halogens is 3. The maximum atomic E-state index is 13.4. The van der Waals surface area contributed by atoms with Crippen LogP contribution in [0.3, 0.4) is 0 Å². The summed E-state index contributed by atoms with van der Waals surface area (Å²) in [5.74, 6) is -1.64. The lowest BCUT2D eigenvalue weighted by Gasteiger charge is -2.28. The third-order valence-corrected chi connectivity index (χ3v) is 10.0. The van der Waals surface area contributed by atoms with E-state index < -0.39 is 68.1 Å². The van der Waals surface area contributed by atoms with Gasteiger partial charge >= 0.3 is 23.7 Å². The van der Waals surface area contributed by atoms with Crippen LogP contribution in [-0.2, 0) is 46.7 Å². The fraction of sp³-hybridized carbons (Fsp3) is 0.366. The Bertz CT molecular complexity index is 2400. The molecule has 0 fully saturated rings. The van der Waals surface area contributed by atoms with Gasteiger partial charge in [-0.1, -0.05) is 6.07 Å². The molecule has 0 saturated carbocycles. The van der Waals surface area contributed by atoms with E-state index in [0.29, 0.717) is 45.1 Å². The predicted octanol–water partition coefficient (Wildman–Crippen LogP) is 7.61. The van der Waals surface area contributed by atoms with Crippen molar-refractivity contribution in [1.82, 2.24) is 9.88 Å². The van der Waals surface area contributed by atoms with E-state index in [1.807, 2.05) is 0 Å². The average molecular weight is 874 g/mol. The average Bonchev–Trinajstić information content (AvgIpc) is 3.14. The van der Waals surface area contributed by atoms with Crippen LogP contribution in [0.15, 0.2) is 71.8 Å². The number of amides is 4. The van der Waals surface area contributed by atoms with Gasteiger partial charge in [-0.15, -0.1) is 0 Å². The molecular weight excluding hydrogens is 828 g/mol. The largest absolute Gasteiger partial charge is 0.501 e. The van der Waals surface area contributed by atoms with Crippen LogP contribution < -0.4 is 20.3 Å². The number of rotatable bonds is 14. The van der Waals surface area contributed by atoms with Crippen molar-refractivity contribution in [3.8, 4) is 5.75 Å². The number of ether oxygens (including phenoxy) is 3. The van der Waals surface area contributed by atoms with E-state index >= 15 is 0 Å². The van der Waals surface area contributed by atoms with E-state index in [1.165, 1.54) is 44.6 Å². The Morgan fingerprint density at radius 1 is 0.869 bits per heavy atom. The molecule has 4 aromatic rings. The number of hydrogen-bond acceptors (Lipinski definition) is 12. The number of imide groups is 1. The van der Waals surface area contributed by atoms with Gasteiger partial charge in [-0.05, 0) is 125 Å². The fourth-order valence-corrected chi connectivity index (χ4v) is 6.83. The van der Waals surface area contributed by atoms with Crippen LogP contribution in [0, 0.1) is 0 Å². The number of aromatic nitrogens is 1. The summed E-state index contributed by atoms with van der Waals surface area (Å²) in [5.41, 5.74) is -6.91. The van der Waals surface area contributed by atoms with Gasteiger partial charge in [0.15, 0.2) is 11.9 Å². The second kappa shape index (κ2) is 18.4. The van der Waals surface area contributed by atoms with Crippen molar-refractivity contribution >= 4 is 68.3 Å². The summed E-state index contributed by atoms with van der Waals surface area (Å²) in [6, 6.07) is 12.2. The zero-order valence-electron chi connectivity index (χ0n) is 34.5. The van der Waals surface area contributed by atoms with Gasteiger partial charge < -0.3 is 34.9 Å². The molecule has 20 heteroatoms. The SMILES string of the molecule is COc1ccc(C(Nc2ccc3c(N(C(=O)OC(C)(C)C)C(=O)OC(C)(C)C)nccc3c2)C(=O)O)cc1CCC(=O)Nc1ccc(S(=O)(=O)C(F)(F)F)c(CN(C)C=O)c1. The van der Waals surface area contributed by atoms with E-state index in [0.717, 1.165) is 17.0 Å². The summed E-state index contributed by atoms with van der Waals surface area (Å²) in [7, 11) is -3.16. The van der Waals surface area contributed by atoms with Crippen molar-refractivity contribution in [2.75, 3.05) is 29.7 Å². The van der Waals surface area contributed by atoms with Crippen LogP contribution in [0.1, 0.15) is 70.7 Å². The first kappa shape index (κ1) is 47.2. The molecule has 3 aromatic carbocycles. The molecule has 328 valence electrons. The first-order valence-electron chi connectivity index (χ1n) is 18.5. The Labute approximate surface area is 349 Å². The number of carboxylic acids is 1. The molecule has 0 spiro atoms. The van der Waals surface area contributed by atoms with E-state index in [1.54, 1.807) is 59.7 Å². The van der Waals surface area contributed by atoms with E-state index in [9.17, 15) is 50.7 Å². The van der Waals surface area contributed by atoms with Crippen LogP contribution >= 0.6 is 0 Å². The van der Waals surface area contributed by atoms with Crippen LogP contribution in [0.25, 0.3) is 10.8 Å². The van der Waals surface area contributed by atoms with Gasteiger partial charge in [0.05, 0.1) is 12.0 Å². The van der Waals surface area contributed by atoms with Gasteiger partial charge in [-0.3, -0.25) is 9.59 Å². The lowest BCUT2D eigenvalue weighted by Crippen LogP contribution is -2.44. The number of nitrogens with zero attached hydrogens (tertiary/aromatic N) is 3. The molecule has 0 radical (unpaired) electrons. The quantitative estimate of drug-likeness (QED) is 0.104. The highest BCUT2D eigenvalue weighted by atomic mass is 32.2. The molecule has 1 aromatic heterocycles. The summed E-state index contributed by atoms with van der Waals surface area (Å²) >= 11 is 0. The monoisotopic (exact) mass is 873 g/mol. The maximum absolute atomic E-state index is 13.4. The summed E-state index contributed by atoms with van der Waals surface area (Å²) < 4.78 is 81.0. The smallest absolute Gasteiger partial charge is 0.496 e.